The predicted octanol–water partition coefficient (Wildman–Crippen LogP) is 2.88. The van der Waals surface area contributed by atoms with Gasteiger partial charge in [-0.15, -0.1) is 24.8 Å². The molecule has 1 atom stereocenters. The fraction of sp³-hybridized carbons (Fsp3) is 0.474. The van der Waals surface area contributed by atoms with Gasteiger partial charge in [-0.05, 0) is 44.4 Å². The number of carbonyl (C=O) groups excluding carboxylic acids is 1. The molecule has 0 aliphatic rings. The van der Waals surface area contributed by atoms with Crippen molar-refractivity contribution in [3.8, 4) is 5.75 Å². The van der Waals surface area contributed by atoms with E-state index in [0.29, 0.717) is 6.61 Å². The second-order valence-corrected chi connectivity index (χ2v) is 6.06. The van der Waals surface area contributed by atoms with Crippen LogP contribution in [0.2, 0.25) is 0 Å². The standard InChI is InChI=1S/C19H29N5O2.2ClH/c1-5-24(6-2)11-12-26-17-9-7-16(8-10-17)22-19(25)18(20-3)15-13-21-23(4)14-15;;/h7-10,13-14,18,20H,5-6,11-12H2,1-4H3,(H,22,25);2*1H. The van der Waals surface area contributed by atoms with Gasteiger partial charge in [0.05, 0.1) is 6.20 Å². The predicted molar refractivity (Wildman–Crippen MR) is 118 cm³/mol. The molecule has 1 aromatic heterocycles. The number of hydrogen-bond acceptors (Lipinski definition) is 5. The minimum atomic E-state index is -0.450. The largest absolute Gasteiger partial charge is 0.492 e. The lowest BCUT2D eigenvalue weighted by atomic mass is 10.1. The van der Waals surface area contributed by atoms with Crippen molar-refractivity contribution in [3.05, 3.63) is 42.2 Å². The second-order valence-electron chi connectivity index (χ2n) is 6.06. The van der Waals surface area contributed by atoms with Crippen molar-refractivity contribution in [3.63, 3.8) is 0 Å². The molecular formula is C19H31Cl2N5O2. The van der Waals surface area contributed by atoms with Crippen molar-refractivity contribution in [2.75, 3.05) is 38.6 Å². The third-order valence-corrected chi connectivity index (χ3v) is 4.30. The summed E-state index contributed by atoms with van der Waals surface area (Å²) in [6, 6.07) is 6.99. The van der Waals surface area contributed by atoms with Gasteiger partial charge in [-0.3, -0.25) is 9.48 Å². The summed E-state index contributed by atoms with van der Waals surface area (Å²) < 4.78 is 7.44. The summed E-state index contributed by atoms with van der Waals surface area (Å²) in [7, 11) is 3.58. The molecule has 158 valence electrons. The zero-order valence-electron chi connectivity index (χ0n) is 16.8. The number of ether oxygens (including phenoxy) is 1. The number of anilines is 1. The number of benzene rings is 1. The van der Waals surface area contributed by atoms with E-state index in [1.807, 2.05) is 37.5 Å². The van der Waals surface area contributed by atoms with Crippen LogP contribution >= 0.6 is 24.8 Å². The lowest BCUT2D eigenvalue weighted by Gasteiger charge is -2.18. The number of likely N-dealkylation sites (N-methyl/N-ethyl adjacent to an activating group) is 2. The fourth-order valence-corrected chi connectivity index (χ4v) is 2.72. The number of aryl methyl sites for hydroxylation is 1. The maximum absolute atomic E-state index is 12.5. The van der Waals surface area contributed by atoms with Crippen molar-refractivity contribution in [2.24, 2.45) is 7.05 Å². The fourth-order valence-electron chi connectivity index (χ4n) is 2.72. The SMILES string of the molecule is CCN(CC)CCOc1ccc(NC(=O)C(NC)c2cnn(C)c2)cc1.Cl.Cl. The van der Waals surface area contributed by atoms with E-state index in [2.05, 4.69) is 34.5 Å². The van der Waals surface area contributed by atoms with Crippen molar-refractivity contribution < 1.29 is 9.53 Å². The smallest absolute Gasteiger partial charge is 0.246 e. The summed E-state index contributed by atoms with van der Waals surface area (Å²) in [6.07, 6.45) is 3.52. The van der Waals surface area contributed by atoms with E-state index in [9.17, 15) is 4.79 Å². The molecule has 0 saturated carbocycles. The maximum Gasteiger partial charge on any atom is 0.246 e. The topological polar surface area (TPSA) is 71.4 Å². The average Bonchev–Trinajstić information content (AvgIpc) is 3.07. The highest BCUT2D eigenvalue weighted by molar-refractivity contribution is 5.95. The molecule has 1 aromatic carbocycles. The number of nitrogens with one attached hydrogen (secondary N) is 2. The summed E-state index contributed by atoms with van der Waals surface area (Å²) in [5, 5.41) is 10.1. The van der Waals surface area contributed by atoms with Crippen LogP contribution in [-0.4, -0.2) is 53.9 Å². The van der Waals surface area contributed by atoms with Gasteiger partial charge in [0.15, 0.2) is 0 Å². The number of aromatic nitrogens is 2. The van der Waals surface area contributed by atoms with E-state index in [4.69, 9.17) is 4.74 Å². The van der Waals surface area contributed by atoms with Gasteiger partial charge in [0.25, 0.3) is 0 Å². The highest BCUT2D eigenvalue weighted by atomic mass is 35.5. The van der Waals surface area contributed by atoms with Crippen LogP contribution in [0.15, 0.2) is 36.7 Å². The van der Waals surface area contributed by atoms with E-state index in [1.54, 1.807) is 17.9 Å². The Labute approximate surface area is 179 Å². The molecular weight excluding hydrogens is 401 g/mol. The van der Waals surface area contributed by atoms with Crippen LogP contribution in [0, 0.1) is 0 Å². The molecule has 2 rings (SSSR count). The van der Waals surface area contributed by atoms with E-state index in [0.717, 1.165) is 36.6 Å². The van der Waals surface area contributed by atoms with Crippen molar-refractivity contribution >= 4 is 36.4 Å². The molecule has 0 bridgehead atoms. The van der Waals surface area contributed by atoms with Crippen LogP contribution in [-0.2, 0) is 11.8 Å². The lowest BCUT2D eigenvalue weighted by molar-refractivity contribution is -0.118. The molecule has 0 aliphatic heterocycles. The first-order valence-corrected chi connectivity index (χ1v) is 8.99. The second kappa shape index (κ2) is 13.4. The van der Waals surface area contributed by atoms with Gasteiger partial charge in [0.2, 0.25) is 5.91 Å². The van der Waals surface area contributed by atoms with Crippen LogP contribution in [0.5, 0.6) is 5.75 Å². The third kappa shape index (κ3) is 7.67. The van der Waals surface area contributed by atoms with Crippen molar-refractivity contribution in [1.29, 1.82) is 0 Å². The molecule has 2 N–H and O–H groups in total. The number of rotatable bonds is 10. The zero-order chi connectivity index (χ0) is 18.9. The minimum absolute atomic E-state index is 0. The van der Waals surface area contributed by atoms with Crippen LogP contribution in [0.4, 0.5) is 5.69 Å². The Morgan fingerprint density at radius 2 is 1.86 bits per heavy atom. The number of halogens is 2. The number of nitrogens with zero attached hydrogens (tertiary/aromatic N) is 3. The molecule has 1 amide bonds. The van der Waals surface area contributed by atoms with Crippen LogP contribution in [0.25, 0.3) is 0 Å². The Morgan fingerprint density at radius 3 is 2.36 bits per heavy atom. The highest BCUT2D eigenvalue weighted by Crippen LogP contribution is 2.18. The van der Waals surface area contributed by atoms with E-state index in [-0.39, 0.29) is 30.7 Å². The highest BCUT2D eigenvalue weighted by Gasteiger charge is 2.20. The molecule has 1 unspecified atom stereocenters. The van der Waals surface area contributed by atoms with Gasteiger partial charge in [0, 0.05) is 31.0 Å². The first-order chi connectivity index (χ1) is 12.6. The van der Waals surface area contributed by atoms with Crippen molar-refractivity contribution in [2.45, 2.75) is 19.9 Å². The quantitative estimate of drug-likeness (QED) is 0.604. The van der Waals surface area contributed by atoms with Crippen molar-refractivity contribution in [1.82, 2.24) is 20.0 Å². The first-order valence-electron chi connectivity index (χ1n) is 8.99. The Bertz CT molecular complexity index is 690. The van der Waals surface area contributed by atoms with Gasteiger partial charge >= 0.3 is 0 Å². The monoisotopic (exact) mass is 431 g/mol. The van der Waals surface area contributed by atoms with Gasteiger partial charge in [-0.2, -0.15) is 5.10 Å². The molecule has 0 saturated heterocycles. The zero-order valence-corrected chi connectivity index (χ0v) is 18.5. The molecule has 1 heterocycles. The van der Waals surface area contributed by atoms with Gasteiger partial charge in [0.1, 0.15) is 18.4 Å². The first kappa shape index (κ1) is 26.2. The molecule has 0 spiro atoms. The summed E-state index contributed by atoms with van der Waals surface area (Å²) >= 11 is 0. The van der Waals surface area contributed by atoms with E-state index < -0.39 is 6.04 Å². The summed E-state index contributed by atoms with van der Waals surface area (Å²) in [4.78, 5) is 14.8. The summed E-state index contributed by atoms with van der Waals surface area (Å²) in [6.45, 7) is 7.88. The normalized spacial score (nSPS) is 11.3. The molecule has 28 heavy (non-hydrogen) atoms. The number of hydrogen-bond donors (Lipinski definition) is 2. The molecule has 0 fully saturated rings. The Kier molecular flexibility index (Phi) is 12.5. The lowest BCUT2D eigenvalue weighted by Crippen LogP contribution is -2.30. The van der Waals surface area contributed by atoms with Gasteiger partial charge in [-0.1, -0.05) is 13.8 Å². The Balaban J connectivity index is 0.00000364. The number of carbonyl (C=O) groups is 1. The van der Waals surface area contributed by atoms with Gasteiger partial charge in [-0.25, -0.2) is 0 Å². The number of amides is 1. The Morgan fingerprint density at radius 1 is 1.21 bits per heavy atom. The molecule has 9 heteroatoms. The van der Waals surface area contributed by atoms with Crippen LogP contribution in [0.1, 0.15) is 25.5 Å². The van der Waals surface area contributed by atoms with Crippen LogP contribution < -0.4 is 15.4 Å². The Hall–Kier alpha value is -1.80. The molecule has 0 radical (unpaired) electrons. The molecule has 2 aromatic rings. The molecule has 7 nitrogen and oxygen atoms in total. The summed E-state index contributed by atoms with van der Waals surface area (Å²) in [5.41, 5.74) is 1.55. The van der Waals surface area contributed by atoms with E-state index >= 15 is 0 Å². The average molecular weight is 432 g/mol. The van der Waals surface area contributed by atoms with E-state index in [1.165, 1.54) is 0 Å². The molecule has 0 aliphatic carbocycles. The van der Waals surface area contributed by atoms with Gasteiger partial charge < -0.3 is 20.3 Å². The minimum Gasteiger partial charge on any atom is -0.492 e. The summed E-state index contributed by atoms with van der Waals surface area (Å²) in [5.74, 6) is 0.670. The maximum atomic E-state index is 12.5. The van der Waals surface area contributed by atoms with Crippen LogP contribution in [0.3, 0.4) is 0 Å². The third-order valence-electron chi connectivity index (χ3n) is 4.30.